The van der Waals surface area contributed by atoms with E-state index in [9.17, 15) is 9.59 Å². The van der Waals surface area contributed by atoms with Crippen LogP contribution in [0.2, 0.25) is 0 Å². The van der Waals surface area contributed by atoms with Crippen LogP contribution < -0.4 is 14.2 Å². The molecular weight excluding hydrogens is 632 g/mol. The minimum Gasteiger partial charge on any atom is -0.490 e. The number of aliphatic hydroxyl groups excluding tert-OH is 2. The van der Waals surface area contributed by atoms with Crippen molar-refractivity contribution in [1.82, 2.24) is 0 Å². The molecule has 0 spiro atoms. The van der Waals surface area contributed by atoms with Crippen molar-refractivity contribution in [3.05, 3.63) is 126 Å². The molecule has 8 heteroatoms. The van der Waals surface area contributed by atoms with E-state index in [-0.39, 0.29) is 24.4 Å². The Hall–Kier alpha value is -5.18. The van der Waals surface area contributed by atoms with Crippen LogP contribution in [0.4, 0.5) is 0 Å². The molecule has 0 saturated carbocycles. The number of ether oxygens (including phenoxy) is 4. The molecule has 0 amide bonds. The van der Waals surface area contributed by atoms with Crippen LogP contribution in [0.15, 0.2) is 115 Å². The summed E-state index contributed by atoms with van der Waals surface area (Å²) in [6, 6.07) is 29.6. The van der Waals surface area contributed by atoms with Crippen molar-refractivity contribution in [2.24, 2.45) is 0 Å². The monoisotopic (exact) mass is 678 g/mol. The number of hydrogen-bond acceptors (Lipinski definition) is 8. The third-order valence-corrected chi connectivity index (χ3v) is 8.13. The summed E-state index contributed by atoms with van der Waals surface area (Å²) in [4.78, 5) is 23.5. The first-order chi connectivity index (χ1) is 24.3. The predicted molar refractivity (Wildman–Crippen MR) is 195 cm³/mol. The van der Waals surface area contributed by atoms with E-state index in [1.807, 2.05) is 24.3 Å². The maximum atomic E-state index is 11.9. The van der Waals surface area contributed by atoms with Gasteiger partial charge in [-0.15, -0.1) is 0 Å². The van der Waals surface area contributed by atoms with Crippen LogP contribution in [-0.4, -0.2) is 48.6 Å². The lowest BCUT2D eigenvalue weighted by molar-refractivity contribution is -0.140. The Balaban J connectivity index is 1.39. The minimum absolute atomic E-state index is 0.00716. The molecule has 0 saturated heterocycles. The van der Waals surface area contributed by atoms with E-state index in [0.717, 1.165) is 40.7 Å². The van der Waals surface area contributed by atoms with Gasteiger partial charge in [-0.05, 0) is 82.6 Å². The molecule has 0 aliphatic heterocycles. The van der Waals surface area contributed by atoms with E-state index in [1.54, 1.807) is 24.3 Å². The van der Waals surface area contributed by atoms with Gasteiger partial charge in [0.05, 0.1) is 24.4 Å². The lowest BCUT2D eigenvalue weighted by Gasteiger charge is -2.14. The van der Waals surface area contributed by atoms with Crippen LogP contribution in [0.5, 0.6) is 17.2 Å². The summed E-state index contributed by atoms with van der Waals surface area (Å²) in [7, 11) is 0. The zero-order chi connectivity index (χ0) is 35.7. The van der Waals surface area contributed by atoms with Gasteiger partial charge in [0.2, 0.25) is 0 Å². The lowest BCUT2D eigenvalue weighted by Crippen LogP contribution is -2.14. The van der Waals surface area contributed by atoms with Crippen molar-refractivity contribution in [2.45, 2.75) is 52.1 Å². The normalized spacial score (nSPS) is 10.7. The Kier molecular flexibility index (Phi) is 14.8. The zero-order valence-electron chi connectivity index (χ0n) is 28.7. The molecule has 0 bridgehead atoms. The molecule has 0 heterocycles. The molecule has 8 nitrogen and oxygen atoms in total. The standard InChI is InChI=1S/C42H46O8/c1-4-5-6-7-8-9-35-26-36(14-15-37(35)29-49-39-20-22-40(23-21-39)50-42(46)31(3)28-44)34-12-10-32(11-13-34)33-16-18-38(19-17-33)47-24-25-48-41(45)30(2)27-43/h10-23,26,43-44H,2-9,24-25,27-29H2,1H3. The highest BCUT2D eigenvalue weighted by atomic mass is 16.6. The second-order valence-corrected chi connectivity index (χ2v) is 11.9. The highest BCUT2D eigenvalue weighted by Crippen LogP contribution is 2.29. The van der Waals surface area contributed by atoms with E-state index >= 15 is 0 Å². The molecule has 4 aromatic carbocycles. The Labute approximate surface area is 294 Å². The lowest BCUT2D eigenvalue weighted by atomic mass is 9.94. The Morgan fingerprint density at radius 3 is 1.74 bits per heavy atom. The number of hydrogen-bond donors (Lipinski definition) is 2. The van der Waals surface area contributed by atoms with Crippen LogP contribution in [0.1, 0.15) is 50.2 Å². The highest BCUT2D eigenvalue weighted by Gasteiger charge is 2.11. The van der Waals surface area contributed by atoms with Crippen molar-refractivity contribution < 1.29 is 38.7 Å². The molecule has 0 radical (unpaired) electrons. The SMILES string of the molecule is C=C(CO)C(=O)OCCOc1ccc(-c2ccc(-c3ccc(COc4ccc(OC(=O)C(=C)CO)cc4)c(CCCCCCC)c3)cc2)cc1. The summed E-state index contributed by atoms with van der Waals surface area (Å²) < 4.78 is 22.0. The molecule has 0 fully saturated rings. The van der Waals surface area contributed by atoms with Crippen molar-refractivity contribution in [2.75, 3.05) is 26.4 Å². The molecule has 2 N–H and O–H groups in total. The Bertz CT molecular complexity index is 1710. The number of aliphatic hydroxyl groups is 2. The predicted octanol–water partition coefficient (Wildman–Crippen LogP) is 8.04. The summed E-state index contributed by atoms with van der Waals surface area (Å²) in [6.45, 7) is 8.93. The van der Waals surface area contributed by atoms with Crippen LogP contribution in [0, 0.1) is 0 Å². The zero-order valence-corrected chi connectivity index (χ0v) is 28.7. The largest absolute Gasteiger partial charge is 0.490 e. The number of rotatable bonds is 20. The number of benzene rings is 4. The smallest absolute Gasteiger partial charge is 0.341 e. The number of esters is 2. The number of carbonyl (C=O) groups is 2. The van der Waals surface area contributed by atoms with Crippen LogP contribution in [0.3, 0.4) is 0 Å². The van der Waals surface area contributed by atoms with E-state index in [1.165, 1.54) is 31.2 Å². The topological polar surface area (TPSA) is 112 Å². The van der Waals surface area contributed by atoms with Gasteiger partial charge in [0, 0.05) is 0 Å². The molecule has 0 aromatic heterocycles. The van der Waals surface area contributed by atoms with Gasteiger partial charge < -0.3 is 29.2 Å². The molecule has 50 heavy (non-hydrogen) atoms. The molecule has 0 atom stereocenters. The third-order valence-electron chi connectivity index (χ3n) is 8.13. The second kappa shape index (κ2) is 19.7. The van der Waals surface area contributed by atoms with Gasteiger partial charge in [0.1, 0.15) is 37.1 Å². The molecule has 262 valence electrons. The van der Waals surface area contributed by atoms with Crippen LogP contribution in [-0.2, 0) is 27.4 Å². The van der Waals surface area contributed by atoms with Gasteiger partial charge in [0.15, 0.2) is 0 Å². The third kappa shape index (κ3) is 11.5. The van der Waals surface area contributed by atoms with Gasteiger partial charge in [-0.1, -0.05) is 100 Å². The molecule has 0 unspecified atom stereocenters. The Morgan fingerprint density at radius 2 is 1.10 bits per heavy atom. The number of unbranched alkanes of at least 4 members (excludes halogenated alkanes) is 4. The summed E-state index contributed by atoms with van der Waals surface area (Å²) >= 11 is 0. The minimum atomic E-state index is -0.665. The summed E-state index contributed by atoms with van der Waals surface area (Å²) in [5.41, 5.74) is 6.80. The van der Waals surface area contributed by atoms with E-state index in [4.69, 9.17) is 29.2 Å². The van der Waals surface area contributed by atoms with Gasteiger partial charge in [-0.3, -0.25) is 0 Å². The number of carbonyl (C=O) groups excluding carboxylic acids is 2. The fourth-order valence-corrected chi connectivity index (χ4v) is 5.17. The summed E-state index contributed by atoms with van der Waals surface area (Å²) in [6.07, 6.45) is 6.95. The van der Waals surface area contributed by atoms with E-state index < -0.39 is 25.2 Å². The fraction of sp³-hybridized carbons (Fsp3) is 0.286. The van der Waals surface area contributed by atoms with Crippen molar-refractivity contribution in [3.8, 4) is 39.5 Å². The first-order valence-electron chi connectivity index (χ1n) is 17.0. The average molecular weight is 679 g/mol. The van der Waals surface area contributed by atoms with Crippen molar-refractivity contribution in [3.63, 3.8) is 0 Å². The van der Waals surface area contributed by atoms with Gasteiger partial charge >= 0.3 is 11.9 Å². The summed E-state index contributed by atoms with van der Waals surface area (Å²) in [5.74, 6) is 0.378. The maximum Gasteiger partial charge on any atom is 0.341 e. The van der Waals surface area contributed by atoms with Crippen molar-refractivity contribution >= 4 is 11.9 Å². The fourth-order valence-electron chi connectivity index (χ4n) is 5.17. The van der Waals surface area contributed by atoms with Crippen LogP contribution in [0.25, 0.3) is 22.3 Å². The van der Waals surface area contributed by atoms with E-state index in [0.29, 0.717) is 23.9 Å². The second-order valence-electron chi connectivity index (χ2n) is 11.9. The van der Waals surface area contributed by atoms with E-state index in [2.05, 4.69) is 62.5 Å². The number of aryl methyl sites for hydroxylation is 1. The molecular formula is C42H46O8. The molecule has 0 aliphatic rings. The summed E-state index contributed by atoms with van der Waals surface area (Å²) in [5, 5.41) is 18.0. The average Bonchev–Trinajstić information content (AvgIpc) is 3.15. The molecule has 4 rings (SSSR count). The highest BCUT2D eigenvalue weighted by molar-refractivity contribution is 5.89. The van der Waals surface area contributed by atoms with Crippen LogP contribution >= 0.6 is 0 Å². The van der Waals surface area contributed by atoms with Gasteiger partial charge in [0.25, 0.3) is 0 Å². The first kappa shape index (κ1) is 37.6. The van der Waals surface area contributed by atoms with Gasteiger partial charge in [-0.25, -0.2) is 9.59 Å². The van der Waals surface area contributed by atoms with Gasteiger partial charge in [-0.2, -0.15) is 0 Å². The maximum absolute atomic E-state index is 11.9. The molecule has 0 aliphatic carbocycles. The quantitative estimate of drug-likeness (QED) is 0.0418. The first-order valence-corrected chi connectivity index (χ1v) is 17.0. The Morgan fingerprint density at radius 1 is 0.580 bits per heavy atom. The molecule has 4 aromatic rings. The van der Waals surface area contributed by atoms with Crippen molar-refractivity contribution in [1.29, 1.82) is 0 Å².